The van der Waals surface area contributed by atoms with Gasteiger partial charge in [0.05, 0.1) is 32.0 Å². The molecule has 3 rings (SSSR count). The zero-order valence-corrected chi connectivity index (χ0v) is 14.2. The first kappa shape index (κ1) is 18.4. The average Bonchev–Trinajstić information content (AvgIpc) is 3.21. The van der Waals surface area contributed by atoms with E-state index in [1.807, 2.05) is 0 Å². The fourth-order valence-corrected chi connectivity index (χ4v) is 2.92. The van der Waals surface area contributed by atoms with Crippen molar-refractivity contribution in [3.05, 3.63) is 44.5 Å². The van der Waals surface area contributed by atoms with E-state index < -0.39 is 36.4 Å². The lowest BCUT2D eigenvalue weighted by molar-refractivity contribution is -0.0463. The van der Waals surface area contributed by atoms with Crippen LogP contribution < -0.4 is 11.2 Å². The van der Waals surface area contributed by atoms with Gasteiger partial charge in [-0.1, -0.05) is 5.21 Å². The van der Waals surface area contributed by atoms with Crippen LogP contribution >= 0.6 is 0 Å². The van der Waals surface area contributed by atoms with Crippen LogP contribution in [0.2, 0.25) is 0 Å². The normalized spacial score (nSPS) is 22.8. The van der Waals surface area contributed by atoms with Crippen molar-refractivity contribution in [3.63, 3.8) is 0 Å². The number of nitrogens with zero attached hydrogens (tertiary/aromatic N) is 5. The standard InChI is InChI=1S/C15H20FN5O5/c1-9-5-20(13-4-11(23)12(8-22)26-13)15(25)21(14(9)24)7-10-6-19(3-2-16)18-17-10/h5-6,11-13,22-23H,2-4,7-8H2,1H3/t11-,12+,13?/m0/s1. The second-order valence-corrected chi connectivity index (χ2v) is 6.17. The molecule has 1 unspecified atom stereocenters. The van der Waals surface area contributed by atoms with Gasteiger partial charge in [-0.2, -0.15) is 0 Å². The number of halogens is 1. The van der Waals surface area contributed by atoms with Gasteiger partial charge in [0.25, 0.3) is 5.56 Å². The lowest BCUT2D eigenvalue weighted by Crippen LogP contribution is -2.42. The van der Waals surface area contributed by atoms with Crippen molar-refractivity contribution < 1.29 is 19.3 Å². The molecule has 0 aliphatic carbocycles. The molecule has 10 nitrogen and oxygen atoms in total. The zero-order chi connectivity index (χ0) is 18.8. The summed E-state index contributed by atoms with van der Waals surface area (Å²) < 4.78 is 21.4. The fraction of sp³-hybridized carbons (Fsp3) is 0.600. The molecule has 2 aromatic rings. The predicted octanol–water partition coefficient (Wildman–Crippen LogP) is -1.43. The van der Waals surface area contributed by atoms with Gasteiger partial charge in [-0.3, -0.25) is 13.9 Å². The summed E-state index contributed by atoms with van der Waals surface area (Å²) in [5, 5.41) is 26.6. The Bertz CT molecular complexity index is 891. The van der Waals surface area contributed by atoms with Gasteiger partial charge in [0, 0.05) is 18.2 Å². The van der Waals surface area contributed by atoms with Crippen molar-refractivity contribution >= 4 is 0 Å². The minimum atomic E-state index is -0.904. The van der Waals surface area contributed by atoms with E-state index in [0.717, 1.165) is 4.57 Å². The molecular formula is C15H20FN5O5. The van der Waals surface area contributed by atoms with Crippen LogP contribution in [0.3, 0.4) is 0 Å². The molecule has 2 N–H and O–H groups in total. The van der Waals surface area contributed by atoms with E-state index in [1.165, 1.54) is 21.6 Å². The molecule has 2 aromatic heterocycles. The van der Waals surface area contributed by atoms with Crippen molar-refractivity contribution in [1.82, 2.24) is 24.1 Å². The highest BCUT2D eigenvalue weighted by Crippen LogP contribution is 2.27. The van der Waals surface area contributed by atoms with Gasteiger partial charge < -0.3 is 14.9 Å². The Labute approximate surface area is 147 Å². The van der Waals surface area contributed by atoms with Crippen molar-refractivity contribution in [2.45, 2.75) is 44.9 Å². The van der Waals surface area contributed by atoms with E-state index in [0.29, 0.717) is 11.3 Å². The van der Waals surface area contributed by atoms with E-state index in [2.05, 4.69) is 10.3 Å². The summed E-state index contributed by atoms with van der Waals surface area (Å²) in [6, 6.07) is 0. The van der Waals surface area contributed by atoms with E-state index in [1.54, 1.807) is 6.92 Å². The highest BCUT2D eigenvalue weighted by Gasteiger charge is 2.35. The highest BCUT2D eigenvalue weighted by molar-refractivity contribution is 5.06. The molecule has 3 heterocycles. The second-order valence-electron chi connectivity index (χ2n) is 6.17. The number of ether oxygens (including phenoxy) is 1. The summed E-state index contributed by atoms with van der Waals surface area (Å²) in [5.41, 5.74) is -0.457. The first-order chi connectivity index (χ1) is 12.4. The SMILES string of the molecule is Cc1cn(C2C[C@H](O)[C@@H](CO)O2)c(=O)n(Cc2cn(CCF)nn2)c1=O. The van der Waals surface area contributed by atoms with Gasteiger partial charge in [0.2, 0.25) is 0 Å². The predicted molar refractivity (Wildman–Crippen MR) is 86.4 cm³/mol. The zero-order valence-electron chi connectivity index (χ0n) is 14.2. The second kappa shape index (κ2) is 7.48. The molecule has 0 radical (unpaired) electrons. The molecule has 0 saturated carbocycles. The van der Waals surface area contributed by atoms with Crippen LogP contribution in [0.5, 0.6) is 0 Å². The van der Waals surface area contributed by atoms with Crippen molar-refractivity contribution in [3.8, 4) is 0 Å². The van der Waals surface area contributed by atoms with Crippen LogP contribution in [0.4, 0.5) is 4.39 Å². The Morgan fingerprint density at radius 1 is 1.38 bits per heavy atom. The van der Waals surface area contributed by atoms with Gasteiger partial charge in [0.15, 0.2) is 0 Å². The van der Waals surface area contributed by atoms with Crippen molar-refractivity contribution in [2.75, 3.05) is 13.3 Å². The van der Waals surface area contributed by atoms with Crippen LogP contribution in [0.25, 0.3) is 0 Å². The Morgan fingerprint density at radius 2 is 2.15 bits per heavy atom. The summed E-state index contributed by atoms with van der Waals surface area (Å²) >= 11 is 0. The molecule has 142 valence electrons. The molecule has 1 aliphatic rings. The lowest BCUT2D eigenvalue weighted by Gasteiger charge is -2.17. The number of aliphatic hydroxyl groups is 2. The third kappa shape index (κ3) is 3.45. The summed E-state index contributed by atoms with van der Waals surface area (Å²) in [6.45, 7) is 0.500. The topological polar surface area (TPSA) is 124 Å². The Balaban J connectivity index is 1.94. The molecule has 0 aromatic carbocycles. The minimum absolute atomic E-state index is 0.0380. The summed E-state index contributed by atoms with van der Waals surface area (Å²) in [4.78, 5) is 25.1. The highest BCUT2D eigenvalue weighted by atomic mass is 19.1. The van der Waals surface area contributed by atoms with Crippen molar-refractivity contribution in [1.29, 1.82) is 0 Å². The van der Waals surface area contributed by atoms with Crippen LogP contribution in [-0.4, -0.2) is 59.8 Å². The van der Waals surface area contributed by atoms with Gasteiger partial charge in [-0.15, -0.1) is 5.10 Å². The number of hydrogen-bond donors (Lipinski definition) is 2. The van der Waals surface area contributed by atoms with Gasteiger partial charge in [0.1, 0.15) is 24.7 Å². The molecular weight excluding hydrogens is 349 g/mol. The minimum Gasteiger partial charge on any atom is -0.394 e. The van der Waals surface area contributed by atoms with Crippen LogP contribution in [0.15, 0.2) is 22.0 Å². The third-order valence-electron chi connectivity index (χ3n) is 4.28. The monoisotopic (exact) mass is 369 g/mol. The Hall–Kier alpha value is -2.37. The fourth-order valence-electron chi connectivity index (χ4n) is 2.92. The molecule has 1 fully saturated rings. The third-order valence-corrected chi connectivity index (χ3v) is 4.28. The molecule has 0 amide bonds. The van der Waals surface area contributed by atoms with Crippen LogP contribution in [0, 0.1) is 6.92 Å². The average molecular weight is 369 g/mol. The maximum atomic E-state index is 12.8. The van der Waals surface area contributed by atoms with Crippen LogP contribution in [0.1, 0.15) is 23.9 Å². The Kier molecular flexibility index (Phi) is 5.30. The maximum Gasteiger partial charge on any atom is 0.333 e. The van der Waals surface area contributed by atoms with E-state index in [9.17, 15) is 24.2 Å². The molecule has 0 spiro atoms. The van der Waals surface area contributed by atoms with Gasteiger partial charge >= 0.3 is 5.69 Å². The first-order valence-corrected chi connectivity index (χ1v) is 8.16. The number of hydrogen-bond acceptors (Lipinski definition) is 7. The number of aryl methyl sites for hydroxylation is 2. The van der Waals surface area contributed by atoms with Gasteiger partial charge in [-0.05, 0) is 6.92 Å². The summed E-state index contributed by atoms with van der Waals surface area (Å²) in [7, 11) is 0. The van der Waals surface area contributed by atoms with E-state index in [4.69, 9.17) is 4.74 Å². The Morgan fingerprint density at radius 3 is 2.81 bits per heavy atom. The summed E-state index contributed by atoms with van der Waals surface area (Å²) in [5.74, 6) is 0. The molecule has 1 saturated heterocycles. The molecule has 0 bridgehead atoms. The van der Waals surface area contributed by atoms with Gasteiger partial charge in [-0.25, -0.2) is 13.9 Å². The quantitative estimate of drug-likeness (QED) is 0.639. The number of alkyl halides is 1. The molecule has 3 atom stereocenters. The summed E-state index contributed by atoms with van der Waals surface area (Å²) in [6.07, 6.45) is 0.484. The lowest BCUT2D eigenvalue weighted by atomic mass is 10.2. The maximum absolute atomic E-state index is 12.8. The number of aliphatic hydroxyl groups excluding tert-OH is 2. The smallest absolute Gasteiger partial charge is 0.333 e. The van der Waals surface area contributed by atoms with E-state index >= 15 is 0 Å². The largest absolute Gasteiger partial charge is 0.394 e. The van der Waals surface area contributed by atoms with Crippen molar-refractivity contribution in [2.24, 2.45) is 0 Å². The number of aromatic nitrogens is 5. The molecule has 26 heavy (non-hydrogen) atoms. The molecule has 1 aliphatic heterocycles. The van der Waals surface area contributed by atoms with E-state index in [-0.39, 0.29) is 26.1 Å². The van der Waals surface area contributed by atoms with Crippen LogP contribution in [-0.2, 0) is 17.8 Å². The first-order valence-electron chi connectivity index (χ1n) is 8.16. The molecule has 11 heteroatoms. The number of rotatable bonds is 6.